The zero-order valence-electron chi connectivity index (χ0n) is 11.9. The summed E-state index contributed by atoms with van der Waals surface area (Å²) in [6.45, 7) is 1.60. The van der Waals surface area contributed by atoms with Gasteiger partial charge >= 0.3 is 0 Å². The quantitative estimate of drug-likeness (QED) is 0.658. The van der Waals surface area contributed by atoms with Crippen molar-refractivity contribution in [2.45, 2.75) is 19.5 Å². The number of aryl methyl sites for hydroxylation is 3. The molecule has 3 aromatic rings. The topological polar surface area (TPSA) is 44.9 Å². The standard InChI is InChI=1S/C15H17ClN4O/c1-21-13-5-2-4-12-15(13)18-14(6-7-16)20(12)11-10-19-9-3-8-17-19/h2-5,8-9H,6-7,10-11H2,1H3. The van der Waals surface area contributed by atoms with Gasteiger partial charge in [-0.2, -0.15) is 5.10 Å². The van der Waals surface area contributed by atoms with Gasteiger partial charge in [0.05, 0.1) is 19.2 Å². The van der Waals surface area contributed by atoms with Gasteiger partial charge < -0.3 is 9.30 Å². The van der Waals surface area contributed by atoms with Gasteiger partial charge in [-0.3, -0.25) is 4.68 Å². The number of halogens is 1. The second-order valence-corrected chi connectivity index (χ2v) is 5.09. The molecule has 0 N–H and O–H groups in total. The summed E-state index contributed by atoms with van der Waals surface area (Å²) in [6, 6.07) is 7.90. The molecule has 2 heterocycles. The minimum Gasteiger partial charge on any atom is -0.494 e. The van der Waals surface area contributed by atoms with E-state index in [2.05, 4.69) is 15.7 Å². The molecule has 21 heavy (non-hydrogen) atoms. The van der Waals surface area contributed by atoms with Crippen molar-refractivity contribution < 1.29 is 4.74 Å². The van der Waals surface area contributed by atoms with Crippen LogP contribution in [0.2, 0.25) is 0 Å². The summed E-state index contributed by atoms with van der Waals surface area (Å²) in [6.07, 6.45) is 4.48. The van der Waals surface area contributed by atoms with Gasteiger partial charge in [0.2, 0.25) is 0 Å². The van der Waals surface area contributed by atoms with Crippen molar-refractivity contribution in [3.8, 4) is 5.75 Å². The minimum atomic E-state index is 0.549. The highest BCUT2D eigenvalue weighted by Gasteiger charge is 2.13. The lowest BCUT2D eigenvalue weighted by Crippen LogP contribution is -2.11. The molecule has 0 fully saturated rings. The Morgan fingerprint density at radius 1 is 1.24 bits per heavy atom. The number of hydrogen-bond donors (Lipinski definition) is 0. The molecule has 0 bridgehead atoms. The van der Waals surface area contributed by atoms with Gasteiger partial charge in [-0.15, -0.1) is 11.6 Å². The first-order valence-corrected chi connectivity index (χ1v) is 7.42. The van der Waals surface area contributed by atoms with Crippen LogP contribution in [0.4, 0.5) is 0 Å². The smallest absolute Gasteiger partial charge is 0.146 e. The van der Waals surface area contributed by atoms with Crippen LogP contribution in [0.15, 0.2) is 36.7 Å². The molecule has 0 aliphatic heterocycles. The monoisotopic (exact) mass is 304 g/mol. The van der Waals surface area contributed by atoms with Crippen LogP contribution in [0, 0.1) is 0 Å². The lowest BCUT2D eigenvalue weighted by atomic mass is 10.3. The predicted molar refractivity (Wildman–Crippen MR) is 82.9 cm³/mol. The van der Waals surface area contributed by atoms with E-state index in [0.29, 0.717) is 5.88 Å². The Morgan fingerprint density at radius 3 is 2.86 bits per heavy atom. The van der Waals surface area contributed by atoms with Crippen molar-refractivity contribution in [3.05, 3.63) is 42.5 Å². The van der Waals surface area contributed by atoms with Crippen LogP contribution in [-0.4, -0.2) is 32.3 Å². The number of aromatic nitrogens is 4. The Kier molecular flexibility index (Phi) is 4.10. The molecule has 110 valence electrons. The van der Waals surface area contributed by atoms with Crippen molar-refractivity contribution >= 4 is 22.6 Å². The molecule has 3 rings (SSSR count). The van der Waals surface area contributed by atoms with Gasteiger partial charge in [0, 0.05) is 31.2 Å². The van der Waals surface area contributed by atoms with Gasteiger partial charge in [0.15, 0.2) is 0 Å². The average molecular weight is 305 g/mol. The maximum Gasteiger partial charge on any atom is 0.146 e. The molecule has 5 nitrogen and oxygen atoms in total. The van der Waals surface area contributed by atoms with Crippen LogP contribution in [0.3, 0.4) is 0 Å². The largest absolute Gasteiger partial charge is 0.494 e. The maximum absolute atomic E-state index is 5.91. The van der Waals surface area contributed by atoms with E-state index in [1.165, 1.54) is 0 Å². The molecular formula is C15H17ClN4O. The van der Waals surface area contributed by atoms with Crippen molar-refractivity contribution in [1.29, 1.82) is 0 Å². The van der Waals surface area contributed by atoms with Crippen LogP contribution in [0.25, 0.3) is 11.0 Å². The van der Waals surface area contributed by atoms with Gasteiger partial charge in [0.1, 0.15) is 17.1 Å². The SMILES string of the molecule is COc1cccc2c1nc(CCCl)n2CCn1cccn1. The van der Waals surface area contributed by atoms with E-state index in [1.54, 1.807) is 13.3 Å². The average Bonchev–Trinajstić information content (AvgIpc) is 3.12. The third-order valence-electron chi connectivity index (χ3n) is 3.47. The number of para-hydroxylation sites is 1. The Hall–Kier alpha value is -2.01. The van der Waals surface area contributed by atoms with Crippen LogP contribution in [-0.2, 0) is 19.5 Å². The Bertz CT molecular complexity index is 721. The van der Waals surface area contributed by atoms with Crippen LogP contribution in [0.1, 0.15) is 5.82 Å². The van der Waals surface area contributed by atoms with E-state index in [0.717, 1.165) is 42.1 Å². The first kappa shape index (κ1) is 13.9. The number of alkyl halides is 1. The zero-order chi connectivity index (χ0) is 14.7. The zero-order valence-corrected chi connectivity index (χ0v) is 12.6. The fraction of sp³-hybridized carbons (Fsp3) is 0.333. The Labute approximate surface area is 128 Å². The maximum atomic E-state index is 5.91. The van der Waals surface area contributed by atoms with E-state index in [-0.39, 0.29) is 0 Å². The highest BCUT2D eigenvalue weighted by molar-refractivity contribution is 6.17. The van der Waals surface area contributed by atoms with Gasteiger partial charge in [-0.05, 0) is 18.2 Å². The molecule has 0 saturated carbocycles. The van der Waals surface area contributed by atoms with E-state index < -0.39 is 0 Å². The van der Waals surface area contributed by atoms with E-state index >= 15 is 0 Å². The summed E-state index contributed by atoms with van der Waals surface area (Å²) in [5, 5.41) is 4.24. The number of fused-ring (bicyclic) bond motifs is 1. The van der Waals surface area contributed by atoms with Gasteiger partial charge in [-0.1, -0.05) is 6.07 Å². The number of methoxy groups -OCH3 is 1. The molecule has 0 aliphatic carbocycles. The van der Waals surface area contributed by atoms with Crippen LogP contribution < -0.4 is 4.74 Å². The highest BCUT2D eigenvalue weighted by atomic mass is 35.5. The fourth-order valence-electron chi connectivity index (χ4n) is 2.49. The van der Waals surface area contributed by atoms with Crippen molar-refractivity contribution in [1.82, 2.24) is 19.3 Å². The second kappa shape index (κ2) is 6.18. The molecule has 6 heteroatoms. The van der Waals surface area contributed by atoms with Gasteiger partial charge in [0.25, 0.3) is 0 Å². The summed E-state index contributed by atoms with van der Waals surface area (Å²) in [5.74, 6) is 2.32. The number of hydrogen-bond acceptors (Lipinski definition) is 3. The molecule has 2 aromatic heterocycles. The third kappa shape index (κ3) is 2.74. The predicted octanol–water partition coefficient (Wildman–Crippen LogP) is 2.72. The molecule has 0 atom stereocenters. The number of imidazole rings is 1. The fourth-order valence-corrected chi connectivity index (χ4v) is 2.66. The summed E-state index contributed by atoms with van der Waals surface area (Å²) in [7, 11) is 1.67. The highest BCUT2D eigenvalue weighted by Crippen LogP contribution is 2.26. The summed E-state index contributed by atoms with van der Waals surface area (Å²) in [5.41, 5.74) is 1.96. The molecule has 0 aliphatic rings. The molecule has 0 spiro atoms. The molecule has 0 amide bonds. The number of rotatable bonds is 6. The van der Waals surface area contributed by atoms with Crippen LogP contribution >= 0.6 is 11.6 Å². The van der Waals surface area contributed by atoms with E-state index in [9.17, 15) is 0 Å². The third-order valence-corrected chi connectivity index (χ3v) is 3.66. The Balaban J connectivity index is 1.99. The minimum absolute atomic E-state index is 0.549. The molecule has 1 aromatic carbocycles. The number of nitrogens with zero attached hydrogens (tertiary/aromatic N) is 4. The van der Waals surface area contributed by atoms with E-state index in [4.69, 9.17) is 21.3 Å². The van der Waals surface area contributed by atoms with Gasteiger partial charge in [-0.25, -0.2) is 4.98 Å². The van der Waals surface area contributed by atoms with Crippen molar-refractivity contribution in [2.24, 2.45) is 0 Å². The molecular weight excluding hydrogens is 288 g/mol. The summed E-state index contributed by atoms with van der Waals surface area (Å²) < 4.78 is 9.51. The van der Waals surface area contributed by atoms with Crippen molar-refractivity contribution in [3.63, 3.8) is 0 Å². The second-order valence-electron chi connectivity index (χ2n) is 4.72. The molecule has 0 radical (unpaired) electrons. The Morgan fingerprint density at radius 2 is 2.14 bits per heavy atom. The number of benzene rings is 1. The number of ether oxygens (including phenoxy) is 1. The lowest BCUT2D eigenvalue weighted by Gasteiger charge is -2.09. The first-order chi connectivity index (χ1) is 10.3. The molecule has 0 saturated heterocycles. The van der Waals surface area contributed by atoms with Crippen molar-refractivity contribution in [2.75, 3.05) is 13.0 Å². The van der Waals surface area contributed by atoms with E-state index in [1.807, 2.05) is 29.1 Å². The summed E-state index contributed by atoms with van der Waals surface area (Å²) >= 11 is 5.91. The molecule has 0 unspecified atom stereocenters. The normalized spacial score (nSPS) is 11.1. The first-order valence-electron chi connectivity index (χ1n) is 6.89. The van der Waals surface area contributed by atoms with Crippen LogP contribution in [0.5, 0.6) is 5.75 Å². The lowest BCUT2D eigenvalue weighted by molar-refractivity contribution is 0.419. The summed E-state index contributed by atoms with van der Waals surface area (Å²) in [4.78, 5) is 4.70.